The Balaban J connectivity index is 1.80. The van der Waals surface area contributed by atoms with Crippen molar-refractivity contribution in [1.82, 2.24) is 4.98 Å². The predicted molar refractivity (Wildman–Crippen MR) is 76.0 cm³/mol. The van der Waals surface area contributed by atoms with Gasteiger partial charge in [-0.15, -0.1) is 0 Å². The first-order valence-corrected chi connectivity index (χ1v) is 6.25. The Kier molecular flexibility index (Phi) is 3.13. The highest BCUT2D eigenvalue weighted by molar-refractivity contribution is 5.94. The highest BCUT2D eigenvalue weighted by atomic mass is 16.5. The molecule has 0 aliphatic rings. The molecule has 0 spiro atoms. The van der Waals surface area contributed by atoms with Crippen LogP contribution in [0.5, 0.6) is 5.75 Å². The van der Waals surface area contributed by atoms with Crippen molar-refractivity contribution in [3.8, 4) is 5.75 Å². The van der Waals surface area contributed by atoms with Crippen LogP contribution in [0.25, 0.3) is 10.9 Å². The van der Waals surface area contributed by atoms with Crippen LogP contribution in [0, 0.1) is 0 Å². The molecule has 20 heavy (non-hydrogen) atoms. The standard InChI is InChI=1S/C16H13NO3/c18-16(19)15-9-12-8-13(6-7-14(12)17-15)20-10-11-4-2-1-3-5-11/h1-9,17H,10H2,(H,18,19)/i9+2. The second-order valence-electron chi connectivity index (χ2n) is 4.51. The molecule has 2 aromatic carbocycles. The number of H-pyrrole nitrogens is 1. The van der Waals surface area contributed by atoms with E-state index in [-0.39, 0.29) is 5.69 Å². The molecule has 2 N–H and O–H groups in total. The Morgan fingerprint density at radius 1 is 1.20 bits per heavy atom. The number of hydrogen-bond donors (Lipinski definition) is 2. The number of fused-ring (bicyclic) bond motifs is 1. The summed E-state index contributed by atoms with van der Waals surface area (Å²) in [5.41, 5.74) is 2.06. The molecular formula is C16H13NO3. The van der Waals surface area contributed by atoms with Gasteiger partial charge in [0.2, 0.25) is 0 Å². The van der Waals surface area contributed by atoms with Crippen molar-refractivity contribution >= 4 is 16.9 Å². The number of rotatable bonds is 4. The van der Waals surface area contributed by atoms with Gasteiger partial charge in [-0.3, -0.25) is 0 Å². The number of carboxylic acids is 1. The van der Waals surface area contributed by atoms with Gasteiger partial charge in [-0.05, 0) is 29.8 Å². The van der Waals surface area contributed by atoms with E-state index in [0.29, 0.717) is 6.61 Å². The monoisotopic (exact) mass is 269 g/mol. The largest absolute Gasteiger partial charge is 0.489 e. The molecule has 4 heteroatoms. The average molecular weight is 269 g/mol. The fourth-order valence-electron chi connectivity index (χ4n) is 2.06. The van der Waals surface area contributed by atoms with Crippen molar-refractivity contribution < 1.29 is 14.6 Å². The van der Waals surface area contributed by atoms with Gasteiger partial charge in [-0.2, -0.15) is 0 Å². The van der Waals surface area contributed by atoms with Crippen LogP contribution in [0.2, 0.25) is 0 Å². The molecule has 0 fully saturated rings. The summed E-state index contributed by atoms with van der Waals surface area (Å²) >= 11 is 0. The smallest absolute Gasteiger partial charge is 0.352 e. The van der Waals surface area contributed by atoms with Gasteiger partial charge < -0.3 is 14.8 Å². The fourth-order valence-corrected chi connectivity index (χ4v) is 2.06. The lowest BCUT2D eigenvalue weighted by Gasteiger charge is -2.06. The van der Waals surface area contributed by atoms with Crippen molar-refractivity contribution in [3.63, 3.8) is 0 Å². The lowest BCUT2D eigenvalue weighted by molar-refractivity contribution is 0.0691. The van der Waals surface area contributed by atoms with Crippen LogP contribution in [0.15, 0.2) is 54.6 Å². The maximum absolute atomic E-state index is 10.9. The van der Waals surface area contributed by atoms with Crippen molar-refractivity contribution in [2.45, 2.75) is 6.61 Å². The first-order valence-electron chi connectivity index (χ1n) is 6.25. The van der Waals surface area contributed by atoms with Gasteiger partial charge in [-0.1, -0.05) is 30.3 Å². The molecular weight excluding hydrogens is 256 g/mol. The number of carboxylic acid groups (broad SMARTS) is 1. The molecule has 0 bridgehead atoms. The Morgan fingerprint density at radius 2 is 2.00 bits per heavy atom. The Hall–Kier alpha value is -2.75. The van der Waals surface area contributed by atoms with Crippen LogP contribution in [0.1, 0.15) is 16.1 Å². The number of carbonyl (C=O) groups is 1. The fraction of sp³-hybridized carbons (Fsp3) is 0.0625. The van der Waals surface area contributed by atoms with Crippen molar-refractivity contribution in [3.05, 3.63) is 65.9 Å². The molecule has 1 aromatic heterocycles. The summed E-state index contributed by atoms with van der Waals surface area (Å²) in [5, 5.41) is 9.77. The van der Waals surface area contributed by atoms with Crippen molar-refractivity contribution in [2.75, 3.05) is 0 Å². The summed E-state index contributed by atoms with van der Waals surface area (Å²) in [7, 11) is 0. The van der Waals surface area contributed by atoms with Crippen LogP contribution < -0.4 is 4.74 Å². The highest BCUT2D eigenvalue weighted by Crippen LogP contribution is 2.22. The van der Waals surface area contributed by atoms with E-state index in [1.165, 1.54) is 0 Å². The number of aromatic amines is 1. The second-order valence-corrected chi connectivity index (χ2v) is 4.51. The molecule has 0 aliphatic carbocycles. The molecule has 0 atom stereocenters. The second kappa shape index (κ2) is 5.09. The first kappa shape index (κ1) is 12.3. The Bertz CT molecular complexity index is 747. The summed E-state index contributed by atoms with van der Waals surface area (Å²) in [6.45, 7) is 0.489. The van der Waals surface area contributed by atoms with Gasteiger partial charge in [0.15, 0.2) is 0 Å². The lowest BCUT2D eigenvalue weighted by atomic mass is 10.2. The van der Waals surface area contributed by atoms with E-state index in [4.69, 9.17) is 9.84 Å². The van der Waals surface area contributed by atoms with E-state index in [1.54, 1.807) is 6.07 Å². The predicted octanol–water partition coefficient (Wildman–Crippen LogP) is 3.45. The van der Waals surface area contributed by atoms with E-state index in [0.717, 1.165) is 22.2 Å². The van der Waals surface area contributed by atoms with Crippen LogP contribution in [-0.2, 0) is 6.61 Å². The molecule has 3 aromatic rings. The van der Waals surface area contributed by atoms with E-state index >= 15 is 0 Å². The number of aromatic nitrogens is 1. The van der Waals surface area contributed by atoms with Crippen molar-refractivity contribution in [2.24, 2.45) is 0 Å². The molecule has 100 valence electrons. The molecule has 0 unspecified atom stereocenters. The number of benzene rings is 2. The molecule has 0 saturated heterocycles. The maximum atomic E-state index is 10.9. The summed E-state index contributed by atoms with van der Waals surface area (Å²) in [4.78, 5) is 13.7. The van der Waals surface area contributed by atoms with Crippen LogP contribution in [0.4, 0.5) is 0 Å². The number of nitrogens with one attached hydrogen (secondary N) is 1. The summed E-state index contributed by atoms with van der Waals surface area (Å²) in [6.07, 6.45) is 0. The van der Waals surface area contributed by atoms with Gasteiger partial charge in [-0.25, -0.2) is 4.79 Å². The number of hydrogen-bond acceptors (Lipinski definition) is 2. The molecule has 3 rings (SSSR count). The molecule has 0 amide bonds. The van der Waals surface area contributed by atoms with Gasteiger partial charge in [0.05, 0.1) is 0 Å². The summed E-state index contributed by atoms with van der Waals surface area (Å²) in [5.74, 6) is -0.245. The topological polar surface area (TPSA) is 62.3 Å². The number of ether oxygens (including phenoxy) is 1. The van der Waals surface area contributed by atoms with Crippen LogP contribution >= 0.6 is 0 Å². The number of aromatic carboxylic acids is 1. The van der Waals surface area contributed by atoms with Crippen LogP contribution in [0.3, 0.4) is 0 Å². The zero-order valence-electron chi connectivity index (χ0n) is 10.7. The SMILES string of the molecule is O=C(O)c1[14cH]c2cc(OCc3ccccc3)ccc2[nH]1. The quantitative estimate of drug-likeness (QED) is 0.762. The van der Waals surface area contributed by atoms with Gasteiger partial charge in [0.25, 0.3) is 0 Å². The third-order valence-corrected chi connectivity index (χ3v) is 3.07. The van der Waals surface area contributed by atoms with E-state index < -0.39 is 5.97 Å². The lowest BCUT2D eigenvalue weighted by Crippen LogP contribution is -1.94. The zero-order valence-corrected chi connectivity index (χ0v) is 10.7. The van der Waals surface area contributed by atoms with E-state index in [1.807, 2.05) is 48.5 Å². The van der Waals surface area contributed by atoms with Gasteiger partial charge in [0.1, 0.15) is 18.1 Å². The molecule has 0 radical (unpaired) electrons. The third kappa shape index (κ3) is 2.49. The molecule has 4 nitrogen and oxygen atoms in total. The van der Waals surface area contributed by atoms with Crippen LogP contribution in [-0.4, -0.2) is 16.1 Å². The summed E-state index contributed by atoms with van der Waals surface area (Å²) < 4.78 is 5.71. The minimum atomic E-state index is -0.965. The van der Waals surface area contributed by atoms with E-state index in [2.05, 4.69) is 4.98 Å². The maximum Gasteiger partial charge on any atom is 0.352 e. The van der Waals surface area contributed by atoms with Crippen molar-refractivity contribution in [1.29, 1.82) is 0 Å². The Labute approximate surface area is 115 Å². The Morgan fingerprint density at radius 3 is 2.75 bits per heavy atom. The minimum absolute atomic E-state index is 0.181. The zero-order chi connectivity index (χ0) is 13.9. The minimum Gasteiger partial charge on any atom is -0.489 e. The highest BCUT2D eigenvalue weighted by Gasteiger charge is 2.07. The average Bonchev–Trinajstić information content (AvgIpc) is 2.89. The first-order chi connectivity index (χ1) is 9.72. The molecule has 0 aliphatic heterocycles. The summed E-state index contributed by atoms with van der Waals surface area (Å²) in [6, 6.07) is 17.0. The van der Waals surface area contributed by atoms with Gasteiger partial charge >= 0.3 is 5.97 Å². The molecule has 1 heterocycles. The molecule has 0 saturated carbocycles. The third-order valence-electron chi connectivity index (χ3n) is 3.07. The van der Waals surface area contributed by atoms with Gasteiger partial charge in [0, 0.05) is 10.9 Å². The van der Waals surface area contributed by atoms with E-state index in [9.17, 15) is 4.79 Å². The normalized spacial score (nSPS) is 10.6.